The van der Waals surface area contributed by atoms with Gasteiger partial charge in [0.25, 0.3) is 11.8 Å². The quantitative estimate of drug-likeness (QED) is 0.615. The summed E-state index contributed by atoms with van der Waals surface area (Å²) in [5.74, 6) is -1.97. The zero-order valence-corrected chi connectivity index (χ0v) is 11.8. The Morgan fingerprint density at radius 3 is 2.19 bits per heavy atom. The highest BCUT2D eigenvalue weighted by molar-refractivity contribution is 6.22. The van der Waals surface area contributed by atoms with Crippen LogP contribution in [0.5, 0.6) is 0 Å². The van der Waals surface area contributed by atoms with Gasteiger partial charge in [0.1, 0.15) is 12.2 Å². The average Bonchev–Trinajstić information content (AvgIpc) is 2.76. The van der Waals surface area contributed by atoms with Crippen LogP contribution in [0.3, 0.4) is 0 Å². The Bertz CT molecular complexity index is 552. The molecule has 1 aliphatic heterocycles. The van der Waals surface area contributed by atoms with Crippen LogP contribution in [0, 0.1) is 0 Å². The van der Waals surface area contributed by atoms with E-state index in [9.17, 15) is 18.8 Å². The maximum Gasteiger partial charge on any atom is 0.329 e. The van der Waals surface area contributed by atoms with E-state index in [4.69, 9.17) is 0 Å². The van der Waals surface area contributed by atoms with E-state index in [1.807, 2.05) is 0 Å². The normalized spacial score (nSPS) is 16.6. The Morgan fingerprint density at radius 2 is 1.76 bits per heavy atom. The molecule has 112 valence electrons. The van der Waals surface area contributed by atoms with E-state index >= 15 is 0 Å². The summed E-state index contributed by atoms with van der Waals surface area (Å²) < 4.78 is 18.3. The summed E-state index contributed by atoms with van der Waals surface area (Å²) in [4.78, 5) is 37.3. The number of ether oxygens (including phenoxy) is 1. The van der Waals surface area contributed by atoms with Crippen LogP contribution in [0.15, 0.2) is 24.3 Å². The first-order chi connectivity index (χ1) is 10.0. The monoisotopic (exact) mass is 293 g/mol. The Labute approximate surface area is 121 Å². The topological polar surface area (TPSA) is 63.7 Å². The lowest BCUT2D eigenvalue weighted by Gasteiger charge is -2.24. The van der Waals surface area contributed by atoms with E-state index in [1.165, 1.54) is 12.1 Å². The van der Waals surface area contributed by atoms with Gasteiger partial charge in [0, 0.05) is 6.42 Å². The molecule has 0 saturated heterocycles. The summed E-state index contributed by atoms with van der Waals surface area (Å²) in [6.07, 6.45) is -1.36. The Hall–Kier alpha value is -2.24. The van der Waals surface area contributed by atoms with Crippen LogP contribution in [-0.2, 0) is 9.53 Å². The lowest BCUT2D eigenvalue weighted by molar-refractivity contribution is -0.146. The first kappa shape index (κ1) is 15.2. The second-order valence-electron chi connectivity index (χ2n) is 4.81. The van der Waals surface area contributed by atoms with Gasteiger partial charge in [-0.2, -0.15) is 0 Å². The molecule has 1 aromatic rings. The molecule has 2 rings (SSSR count). The number of carbonyl (C=O) groups is 3. The third-order valence-electron chi connectivity index (χ3n) is 3.53. The van der Waals surface area contributed by atoms with Crippen LogP contribution in [0.2, 0.25) is 0 Å². The number of fused-ring (bicyclic) bond motifs is 1. The molecule has 1 aliphatic rings. The molecule has 6 heteroatoms. The predicted octanol–water partition coefficient (Wildman–Crippen LogP) is 1.96. The number of imide groups is 1. The predicted molar refractivity (Wildman–Crippen MR) is 72.6 cm³/mol. The summed E-state index contributed by atoms with van der Waals surface area (Å²) in [6, 6.07) is 5.04. The molecule has 0 fully saturated rings. The summed E-state index contributed by atoms with van der Waals surface area (Å²) in [7, 11) is 1.15. The Morgan fingerprint density at radius 1 is 1.24 bits per heavy atom. The van der Waals surface area contributed by atoms with Crippen molar-refractivity contribution in [3.8, 4) is 0 Å². The lowest BCUT2D eigenvalue weighted by atomic mass is 10.1. The van der Waals surface area contributed by atoms with Gasteiger partial charge in [0.2, 0.25) is 0 Å². The number of esters is 1. The minimum absolute atomic E-state index is 0.191. The molecule has 0 radical (unpaired) electrons. The van der Waals surface area contributed by atoms with Crippen molar-refractivity contribution in [1.82, 2.24) is 4.90 Å². The molecule has 21 heavy (non-hydrogen) atoms. The fraction of sp³-hybridized carbons (Fsp3) is 0.400. The number of hydrogen-bond donors (Lipinski definition) is 0. The molecule has 1 aromatic carbocycles. The third kappa shape index (κ3) is 2.66. The molecule has 0 aliphatic carbocycles. The SMILES string of the molecule is CC[C@H](F)C[C@H](C(=O)OC)N1C(=O)c2ccccc2C1=O. The highest BCUT2D eigenvalue weighted by Gasteiger charge is 2.43. The van der Waals surface area contributed by atoms with Gasteiger partial charge in [-0.05, 0) is 18.6 Å². The second-order valence-corrected chi connectivity index (χ2v) is 4.81. The molecule has 0 saturated carbocycles. The summed E-state index contributed by atoms with van der Waals surface area (Å²) in [5.41, 5.74) is 0.451. The van der Waals surface area contributed by atoms with E-state index in [2.05, 4.69) is 4.74 Å². The number of halogens is 1. The lowest BCUT2D eigenvalue weighted by Crippen LogP contribution is -2.46. The maximum atomic E-state index is 13.7. The standard InChI is InChI=1S/C15H16FNO4/c1-3-9(16)8-12(15(20)21-2)17-13(18)10-6-4-5-7-11(10)14(17)19/h4-7,9,12H,3,8H2,1-2H3/t9-,12+/m0/s1. The molecule has 0 N–H and O–H groups in total. The number of benzene rings is 1. The minimum Gasteiger partial charge on any atom is -0.467 e. The van der Waals surface area contributed by atoms with Crippen molar-refractivity contribution in [3.05, 3.63) is 35.4 Å². The average molecular weight is 293 g/mol. The van der Waals surface area contributed by atoms with Crippen LogP contribution in [0.25, 0.3) is 0 Å². The number of hydrogen-bond acceptors (Lipinski definition) is 4. The van der Waals surface area contributed by atoms with Gasteiger partial charge in [-0.25, -0.2) is 9.18 Å². The van der Waals surface area contributed by atoms with Crippen LogP contribution in [-0.4, -0.2) is 42.0 Å². The number of nitrogens with zero attached hydrogens (tertiary/aromatic N) is 1. The van der Waals surface area contributed by atoms with Crippen molar-refractivity contribution >= 4 is 17.8 Å². The van der Waals surface area contributed by atoms with Crippen molar-refractivity contribution in [3.63, 3.8) is 0 Å². The van der Waals surface area contributed by atoms with Crippen molar-refractivity contribution < 1.29 is 23.5 Å². The minimum atomic E-state index is -1.29. The number of amides is 2. The van der Waals surface area contributed by atoms with Gasteiger partial charge in [-0.3, -0.25) is 14.5 Å². The molecule has 1 heterocycles. The van der Waals surface area contributed by atoms with Gasteiger partial charge in [-0.1, -0.05) is 19.1 Å². The molecule has 0 unspecified atom stereocenters. The highest BCUT2D eigenvalue weighted by Crippen LogP contribution is 2.27. The zero-order valence-electron chi connectivity index (χ0n) is 11.8. The summed E-state index contributed by atoms with van der Waals surface area (Å²) >= 11 is 0. The van der Waals surface area contributed by atoms with Crippen molar-refractivity contribution in [2.75, 3.05) is 7.11 Å². The van der Waals surface area contributed by atoms with E-state index in [0.29, 0.717) is 0 Å². The molecular weight excluding hydrogens is 277 g/mol. The van der Waals surface area contributed by atoms with Crippen LogP contribution < -0.4 is 0 Å². The molecule has 2 amide bonds. The Kier molecular flexibility index (Phi) is 4.35. The second kappa shape index (κ2) is 6.03. The molecule has 0 spiro atoms. The van der Waals surface area contributed by atoms with E-state index in [-0.39, 0.29) is 24.0 Å². The summed E-state index contributed by atoms with van der Waals surface area (Å²) in [6.45, 7) is 1.63. The highest BCUT2D eigenvalue weighted by atomic mass is 19.1. The Balaban J connectivity index is 2.36. The first-order valence-corrected chi connectivity index (χ1v) is 6.70. The molecular formula is C15H16FNO4. The van der Waals surface area contributed by atoms with Crippen LogP contribution in [0.1, 0.15) is 40.5 Å². The first-order valence-electron chi connectivity index (χ1n) is 6.70. The fourth-order valence-electron chi connectivity index (χ4n) is 2.34. The van der Waals surface area contributed by atoms with E-state index in [0.717, 1.165) is 12.0 Å². The number of methoxy groups -OCH3 is 1. The van der Waals surface area contributed by atoms with E-state index < -0.39 is 30.0 Å². The number of carbonyl (C=O) groups excluding carboxylic acids is 3. The number of rotatable bonds is 5. The molecule has 0 aromatic heterocycles. The van der Waals surface area contributed by atoms with Crippen molar-refractivity contribution in [2.24, 2.45) is 0 Å². The van der Waals surface area contributed by atoms with Crippen LogP contribution >= 0.6 is 0 Å². The van der Waals surface area contributed by atoms with Gasteiger partial charge in [-0.15, -0.1) is 0 Å². The molecule has 2 atom stereocenters. The zero-order chi connectivity index (χ0) is 15.6. The van der Waals surface area contributed by atoms with Gasteiger partial charge in [0.05, 0.1) is 18.2 Å². The smallest absolute Gasteiger partial charge is 0.329 e. The van der Waals surface area contributed by atoms with Crippen molar-refractivity contribution in [1.29, 1.82) is 0 Å². The number of alkyl halides is 1. The molecule has 5 nitrogen and oxygen atoms in total. The van der Waals surface area contributed by atoms with Gasteiger partial charge in [0.15, 0.2) is 0 Å². The fourth-order valence-corrected chi connectivity index (χ4v) is 2.34. The van der Waals surface area contributed by atoms with Gasteiger partial charge >= 0.3 is 5.97 Å². The largest absolute Gasteiger partial charge is 0.467 e. The van der Waals surface area contributed by atoms with E-state index in [1.54, 1.807) is 19.1 Å². The molecule has 0 bridgehead atoms. The summed E-state index contributed by atoms with van der Waals surface area (Å²) in [5, 5.41) is 0. The van der Waals surface area contributed by atoms with Crippen molar-refractivity contribution in [2.45, 2.75) is 32.0 Å². The van der Waals surface area contributed by atoms with Gasteiger partial charge < -0.3 is 4.74 Å². The third-order valence-corrected chi connectivity index (χ3v) is 3.53. The van der Waals surface area contributed by atoms with Crippen LogP contribution in [0.4, 0.5) is 4.39 Å². The maximum absolute atomic E-state index is 13.7.